The second-order valence-corrected chi connectivity index (χ2v) is 6.80. The van der Waals surface area contributed by atoms with Crippen molar-refractivity contribution in [3.05, 3.63) is 0 Å². The van der Waals surface area contributed by atoms with E-state index >= 15 is 0 Å². The van der Waals surface area contributed by atoms with E-state index in [1.165, 1.54) is 38.6 Å². The zero-order chi connectivity index (χ0) is 12.5. The highest BCUT2D eigenvalue weighted by Gasteiger charge is 2.38. The van der Waals surface area contributed by atoms with Crippen LogP contribution in [0.25, 0.3) is 0 Å². The van der Waals surface area contributed by atoms with E-state index < -0.39 is 0 Å². The second-order valence-electron chi connectivity index (χ2n) is 6.80. The molecule has 0 amide bonds. The summed E-state index contributed by atoms with van der Waals surface area (Å²) in [4.78, 5) is 2.70. The van der Waals surface area contributed by atoms with Crippen LogP contribution in [0.4, 0.5) is 0 Å². The van der Waals surface area contributed by atoms with Gasteiger partial charge in [0.25, 0.3) is 0 Å². The van der Waals surface area contributed by atoms with Gasteiger partial charge in [-0.15, -0.1) is 0 Å². The Hall–Kier alpha value is -0.120. The highest BCUT2D eigenvalue weighted by atomic mass is 16.3. The summed E-state index contributed by atoms with van der Waals surface area (Å²) in [5.74, 6) is 0.707. The molecule has 3 heteroatoms. The number of hydrogen-bond acceptors (Lipinski definition) is 3. The van der Waals surface area contributed by atoms with Gasteiger partial charge in [-0.2, -0.15) is 0 Å². The van der Waals surface area contributed by atoms with Gasteiger partial charge in [-0.3, -0.25) is 4.90 Å². The van der Waals surface area contributed by atoms with Crippen LogP contribution in [0, 0.1) is 5.92 Å². The summed E-state index contributed by atoms with van der Waals surface area (Å²) < 4.78 is 0. The lowest BCUT2D eigenvalue weighted by Gasteiger charge is -2.27. The van der Waals surface area contributed by atoms with Gasteiger partial charge in [-0.25, -0.2) is 0 Å². The largest absolute Gasteiger partial charge is 0.393 e. The minimum Gasteiger partial charge on any atom is -0.393 e. The van der Waals surface area contributed by atoms with Crippen LogP contribution in [0.5, 0.6) is 0 Å². The van der Waals surface area contributed by atoms with Gasteiger partial charge >= 0.3 is 0 Å². The standard InChI is InChI=1S/C15H28N2O/c1-11-7-13(10-17(11)14-5-6-14)16-9-12-3-2-4-15(18)8-12/h11-16,18H,2-10H2,1H3. The molecule has 2 N–H and O–H groups in total. The van der Waals surface area contributed by atoms with Crippen LogP contribution in [0.2, 0.25) is 0 Å². The number of aliphatic hydroxyl groups is 1. The van der Waals surface area contributed by atoms with Crippen LogP contribution in [0.1, 0.15) is 51.9 Å². The van der Waals surface area contributed by atoms with E-state index in [9.17, 15) is 5.11 Å². The lowest BCUT2D eigenvalue weighted by Crippen LogP contribution is -2.38. The number of nitrogens with one attached hydrogen (secondary N) is 1. The van der Waals surface area contributed by atoms with Crippen molar-refractivity contribution in [3.63, 3.8) is 0 Å². The van der Waals surface area contributed by atoms with Crippen LogP contribution in [-0.2, 0) is 0 Å². The van der Waals surface area contributed by atoms with Gasteiger partial charge in [-0.05, 0) is 57.9 Å². The third-order valence-electron chi connectivity index (χ3n) is 5.09. The van der Waals surface area contributed by atoms with Crippen LogP contribution in [0.3, 0.4) is 0 Å². The maximum absolute atomic E-state index is 9.70. The van der Waals surface area contributed by atoms with E-state index in [-0.39, 0.29) is 6.10 Å². The molecule has 2 aliphatic carbocycles. The average molecular weight is 252 g/mol. The summed E-state index contributed by atoms with van der Waals surface area (Å²) in [6.07, 6.45) is 8.68. The Labute approximate surface area is 111 Å². The van der Waals surface area contributed by atoms with Crippen molar-refractivity contribution in [3.8, 4) is 0 Å². The number of likely N-dealkylation sites (tertiary alicyclic amines) is 1. The molecule has 4 atom stereocenters. The van der Waals surface area contributed by atoms with E-state index in [1.54, 1.807) is 0 Å². The summed E-state index contributed by atoms with van der Waals surface area (Å²) in [6, 6.07) is 2.37. The van der Waals surface area contributed by atoms with E-state index in [4.69, 9.17) is 0 Å². The molecule has 0 aromatic heterocycles. The Balaban J connectivity index is 1.40. The minimum absolute atomic E-state index is 0.0315. The maximum Gasteiger partial charge on any atom is 0.0543 e. The summed E-state index contributed by atoms with van der Waals surface area (Å²) >= 11 is 0. The van der Waals surface area contributed by atoms with Crippen molar-refractivity contribution >= 4 is 0 Å². The number of hydrogen-bond donors (Lipinski definition) is 2. The fraction of sp³-hybridized carbons (Fsp3) is 1.00. The predicted molar refractivity (Wildman–Crippen MR) is 73.6 cm³/mol. The molecule has 3 aliphatic rings. The highest BCUT2D eigenvalue weighted by molar-refractivity contribution is 4.96. The molecule has 18 heavy (non-hydrogen) atoms. The zero-order valence-electron chi connectivity index (χ0n) is 11.6. The van der Waals surface area contributed by atoms with Gasteiger partial charge in [-0.1, -0.05) is 6.42 Å². The molecule has 104 valence electrons. The molecule has 1 aliphatic heterocycles. The fourth-order valence-corrected chi connectivity index (χ4v) is 3.90. The molecule has 0 aromatic carbocycles. The summed E-state index contributed by atoms with van der Waals surface area (Å²) in [6.45, 7) is 4.75. The summed E-state index contributed by atoms with van der Waals surface area (Å²) in [5.41, 5.74) is 0. The van der Waals surface area contributed by atoms with Crippen LogP contribution >= 0.6 is 0 Å². The Kier molecular flexibility index (Phi) is 3.92. The van der Waals surface area contributed by atoms with Crippen LogP contribution in [0.15, 0.2) is 0 Å². The quantitative estimate of drug-likeness (QED) is 0.800. The Morgan fingerprint density at radius 1 is 1.17 bits per heavy atom. The highest BCUT2D eigenvalue weighted by Crippen LogP contribution is 2.33. The fourth-order valence-electron chi connectivity index (χ4n) is 3.90. The van der Waals surface area contributed by atoms with Crippen molar-refractivity contribution in [1.29, 1.82) is 0 Å². The van der Waals surface area contributed by atoms with Gasteiger partial charge in [0.15, 0.2) is 0 Å². The first-order valence-electron chi connectivity index (χ1n) is 7.89. The summed E-state index contributed by atoms with van der Waals surface area (Å²) in [5, 5.41) is 13.5. The number of rotatable bonds is 4. The molecular weight excluding hydrogens is 224 g/mol. The monoisotopic (exact) mass is 252 g/mol. The molecule has 3 nitrogen and oxygen atoms in total. The Morgan fingerprint density at radius 3 is 2.72 bits per heavy atom. The molecule has 0 spiro atoms. The molecule has 4 unspecified atom stereocenters. The van der Waals surface area contributed by atoms with Gasteiger partial charge in [0.2, 0.25) is 0 Å². The van der Waals surface area contributed by atoms with Crippen LogP contribution in [-0.4, -0.2) is 47.3 Å². The molecule has 0 bridgehead atoms. The number of nitrogens with zero attached hydrogens (tertiary/aromatic N) is 1. The smallest absolute Gasteiger partial charge is 0.0543 e. The molecule has 3 fully saturated rings. The predicted octanol–water partition coefficient (Wildman–Crippen LogP) is 1.75. The Bertz CT molecular complexity index is 280. The van der Waals surface area contributed by atoms with Gasteiger partial charge in [0.1, 0.15) is 0 Å². The van der Waals surface area contributed by atoms with Crippen molar-refractivity contribution < 1.29 is 5.11 Å². The molecule has 1 heterocycles. The third-order valence-corrected chi connectivity index (χ3v) is 5.09. The lowest BCUT2D eigenvalue weighted by atomic mass is 9.87. The van der Waals surface area contributed by atoms with Gasteiger partial charge < -0.3 is 10.4 Å². The van der Waals surface area contributed by atoms with Crippen LogP contribution < -0.4 is 5.32 Å². The topological polar surface area (TPSA) is 35.5 Å². The molecule has 3 rings (SSSR count). The van der Waals surface area contributed by atoms with Crippen molar-refractivity contribution in [2.75, 3.05) is 13.1 Å². The van der Waals surface area contributed by atoms with Crippen molar-refractivity contribution in [2.45, 2.75) is 76.1 Å². The SMILES string of the molecule is CC1CC(NCC2CCCC(O)C2)CN1C1CC1. The summed E-state index contributed by atoms with van der Waals surface area (Å²) in [7, 11) is 0. The van der Waals surface area contributed by atoms with E-state index in [2.05, 4.69) is 17.1 Å². The molecule has 0 radical (unpaired) electrons. The zero-order valence-corrected chi connectivity index (χ0v) is 11.6. The van der Waals surface area contributed by atoms with E-state index in [1.807, 2.05) is 0 Å². The molecule has 0 aromatic rings. The first-order chi connectivity index (χ1) is 8.72. The molecular formula is C15H28N2O. The molecule has 2 saturated carbocycles. The Morgan fingerprint density at radius 2 is 2.00 bits per heavy atom. The third kappa shape index (κ3) is 3.06. The second kappa shape index (κ2) is 5.48. The normalized spacial score (nSPS) is 42.3. The van der Waals surface area contributed by atoms with E-state index in [0.29, 0.717) is 12.0 Å². The molecule has 1 saturated heterocycles. The van der Waals surface area contributed by atoms with Gasteiger partial charge in [0.05, 0.1) is 6.10 Å². The first kappa shape index (κ1) is 12.9. The maximum atomic E-state index is 9.70. The average Bonchev–Trinajstić information content (AvgIpc) is 3.11. The van der Waals surface area contributed by atoms with Crippen molar-refractivity contribution in [2.24, 2.45) is 5.92 Å². The number of aliphatic hydroxyl groups excluding tert-OH is 1. The first-order valence-corrected chi connectivity index (χ1v) is 7.89. The van der Waals surface area contributed by atoms with Gasteiger partial charge in [0, 0.05) is 24.7 Å². The van der Waals surface area contributed by atoms with Crippen molar-refractivity contribution in [1.82, 2.24) is 10.2 Å². The van der Waals surface area contributed by atoms with E-state index in [0.717, 1.165) is 31.5 Å². The lowest BCUT2D eigenvalue weighted by molar-refractivity contribution is 0.0996. The minimum atomic E-state index is -0.0315.